The van der Waals surface area contributed by atoms with Gasteiger partial charge < -0.3 is 0 Å². The summed E-state index contributed by atoms with van der Waals surface area (Å²) in [5.74, 6) is 0. The van der Waals surface area contributed by atoms with E-state index in [2.05, 4.69) is 69.0 Å². The molecule has 0 amide bonds. The van der Waals surface area contributed by atoms with Gasteiger partial charge in [0.2, 0.25) is 0 Å². The van der Waals surface area contributed by atoms with Gasteiger partial charge in [0, 0.05) is 5.57 Å². The van der Waals surface area contributed by atoms with Crippen LogP contribution in [0, 0.1) is 0 Å². The molecule has 0 aliphatic heterocycles. The Kier molecular flexibility index (Phi) is 10.2. The zero-order chi connectivity index (χ0) is 16.0. The molecular formula is C22H32. The summed E-state index contributed by atoms with van der Waals surface area (Å²) >= 11 is 0. The molecule has 1 aromatic carbocycles. The van der Waals surface area contributed by atoms with E-state index < -0.39 is 0 Å². The van der Waals surface area contributed by atoms with Crippen molar-refractivity contribution >= 4 is 5.57 Å². The highest BCUT2D eigenvalue weighted by atomic mass is 14.1. The number of unbranched alkanes of at least 4 members (excludes halogenated alkanes) is 4. The van der Waals surface area contributed by atoms with Crippen LogP contribution in [0.3, 0.4) is 0 Å². The minimum atomic E-state index is 1.10. The standard InChI is InChI=1S/C22H32/c1-4-7-11-16-20(15-9-6-3)22(19-12-8-5-2)21-17-13-10-14-18-21/h10,12-14,16-18H,4-9,11,15H2,1-3H3/b20-16+. The van der Waals surface area contributed by atoms with E-state index in [1.165, 1.54) is 55.2 Å². The van der Waals surface area contributed by atoms with E-state index in [1.807, 2.05) is 0 Å². The highest BCUT2D eigenvalue weighted by molar-refractivity contribution is 5.78. The molecule has 0 atom stereocenters. The second-order valence-electron chi connectivity index (χ2n) is 5.85. The van der Waals surface area contributed by atoms with Crippen LogP contribution >= 0.6 is 0 Å². The maximum Gasteiger partial charge on any atom is 0.0262 e. The van der Waals surface area contributed by atoms with Crippen molar-refractivity contribution in [3.63, 3.8) is 0 Å². The number of allylic oxidation sites excluding steroid dienone is 3. The van der Waals surface area contributed by atoms with Gasteiger partial charge in [-0.2, -0.15) is 0 Å². The van der Waals surface area contributed by atoms with E-state index in [0.29, 0.717) is 0 Å². The van der Waals surface area contributed by atoms with Crippen molar-refractivity contribution in [3.8, 4) is 0 Å². The molecule has 0 aromatic heterocycles. The van der Waals surface area contributed by atoms with E-state index in [9.17, 15) is 0 Å². The summed E-state index contributed by atoms with van der Waals surface area (Å²) in [7, 11) is 0. The van der Waals surface area contributed by atoms with Gasteiger partial charge >= 0.3 is 0 Å². The topological polar surface area (TPSA) is 0 Å². The third-order valence-corrected chi connectivity index (χ3v) is 3.81. The number of benzene rings is 1. The molecule has 0 spiro atoms. The quantitative estimate of drug-likeness (QED) is 0.241. The van der Waals surface area contributed by atoms with Gasteiger partial charge in [-0.3, -0.25) is 0 Å². The molecule has 0 unspecified atom stereocenters. The molecule has 0 nitrogen and oxygen atoms in total. The Balaban J connectivity index is 3.13. The zero-order valence-corrected chi connectivity index (χ0v) is 14.7. The first-order chi connectivity index (χ1) is 10.8. The fourth-order valence-corrected chi connectivity index (χ4v) is 2.46. The maximum atomic E-state index is 3.60. The lowest BCUT2D eigenvalue weighted by atomic mass is 9.93. The fourth-order valence-electron chi connectivity index (χ4n) is 2.46. The van der Waals surface area contributed by atoms with Crippen LogP contribution in [0.5, 0.6) is 0 Å². The Labute approximate surface area is 137 Å². The molecule has 1 aromatic rings. The molecule has 0 aliphatic rings. The highest BCUT2D eigenvalue weighted by Gasteiger charge is 2.07. The van der Waals surface area contributed by atoms with Crippen LogP contribution in [0.2, 0.25) is 0 Å². The van der Waals surface area contributed by atoms with E-state index in [1.54, 1.807) is 0 Å². The van der Waals surface area contributed by atoms with Gasteiger partial charge in [0.15, 0.2) is 0 Å². The summed E-state index contributed by atoms with van der Waals surface area (Å²) in [6.45, 7) is 6.74. The highest BCUT2D eigenvalue weighted by Crippen LogP contribution is 2.27. The molecule has 0 saturated carbocycles. The first-order valence-electron chi connectivity index (χ1n) is 9.03. The molecule has 22 heavy (non-hydrogen) atoms. The zero-order valence-electron chi connectivity index (χ0n) is 14.7. The third-order valence-electron chi connectivity index (χ3n) is 3.81. The van der Waals surface area contributed by atoms with Crippen molar-refractivity contribution in [2.45, 2.75) is 72.1 Å². The van der Waals surface area contributed by atoms with Crippen LogP contribution in [0.1, 0.15) is 77.7 Å². The molecule has 0 heterocycles. The first-order valence-corrected chi connectivity index (χ1v) is 9.03. The lowest BCUT2D eigenvalue weighted by molar-refractivity contribution is 0.780. The van der Waals surface area contributed by atoms with Gasteiger partial charge in [-0.25, -0.2) is 0 Å². The van der Waals surface area contributed by atoms with Crippen molar-refractivity contribution in [1.29, 1.82) is 0 Å². The summed E-state index contributed by atoms with van der Waals surface area (Å²) in [6.07, 6.45) is 14.3. The summed E-state index contributed by atoms with van der Waals surface area (Å²) in [5.41, 5.74) is 7.68. The van der Waals surface area contributed by atoms with E-state index in [4.69, 9.17) is 0 Å². The molecule has 0 radical (unpaired) electrons. The molecule has 0 N–H and O–H groups in total. The van der Waals surface area contributed by atoms with Crippen molar-refractivity contribution in [1.82, 2.24) is 0 Å². The van der Waals surface area contributed by atoms with Gasteiger partial charge in [-0.1, -0.05) is 82.9 Å². The normalized spacial score (nSPS) is 11.1. The van der Waals surface area contributed by atoms with Crippen molar-refractivity contribution in [2.24, 2.45) is 0 Å². The average Bonchev–Trinajstić information content (AvgIpc) is 2.56. The second kappa shape index (κ2) is 12.1. The lowest BCUT2D eigenvalue weighted by Gasteiger charge is -2.11. The largest absolute Gasteiger partial charge is 0.116 e. The van der Waals surface area contributed by atoms with Crippen molar-refractivity contribution in [2.75, 3.05) is 0 Å². The van der Waals surface area contributed by atoms with Crippen LogP contribution in [-0.2, 0) is 0 Å². The molecule has 0 aliphatic carbocycles. The number of rotatable bonds is 10. The lowest BCUT2D eigenvalue weighted by Crippen LogP contribution is -1.91. The monoisotopic (exact) mass is 296 g/mol. The van der Waals surface area contributed by atoms with Gasteiger partial charge in [0.25, 0.3) is 0 Å². The molecule has 0 heteroatoms. The van der Waals surface area contributed by atoms with E-state index in [0.717, 1.165) is 12.8 Å². The maximum absolute atomic E-state index is 3.60. The molecular weight excluding hydrogens is 264 g/mol. The second-order valence-corrected chi connectivity index (χ2v) is 5.85. The van der Waals surface area contributed by atoms with Gasteiger partial charge in [-0.05, 0) is 42.9 Å². The van der Waals surface area contributed by atoms with Crippen LogP contribution in [-0.4, -0.2) is 0 Å². The van der Waals surface area contributed by atoms with Gasteiger partial charge in [-0.15, -0.1) is 5.73 Å². The predicted octanol–water partition coefficient (Wildman–Crippen LogP) is 7.33. The molecule has 0 bridgehead atoms. The summed E-state index contributed by atoms with van der Waals surface area (Å²) in [6, 6.07) is 10.8. The Morgan fingerprint density at radius 1 is 0.909 bits per heavy atom. The third kappa shape index (κ3) is 6.96. The molecule has 120 valence electrons. The molecule has 0 saturated heterocycles. The van der Waals surface area contributed by atoms with Crippen molar-refractivity contribution < 1.29 is 0 Å². The SMILES string of the molecule is CCCC=C=C(/C(=C/CCCC)CCCC)c1ccccc1. The summed E-state index contributed by atoms with van der Waals surface area (Å²) in [4.78, 5) is 0. The molecule has 0 fully saturated rings. The summed E-state index contributed by atoms with van der Waals surface area (Å²) < 4.78 is 0. The first kappa shape index (κ1) is 18.5. The number of hydrogen-bond acceptors (Lipinski definition) is 0. The van der Waals surface area contributed by atoms with Crippen LogP contribution in [0.4, 0.5) is 0 Å². The Hall–Kier alpha value is -1.52. The van der Waals surface area contributed by atoms with Crippen LogP contribution < -0.4 is 0 Å². The summed E-state index contributed by atoms with van der Waals surface area (Å²) in [5, 5.41) is 0. The van der Waals surface area contributed by atoms with Crippen LogP contribution in [0.15, 0.2) is 53.8 Å². The van der Waals surface area contributed by atoms with E-state index >= 15 is 0 Å². The average molecular weight is 296 g/mol. The van der Waals surface area contributed by atoms with Gasteiger partial charge in [0.05, 0.1) is 0 Å². The fraction of sp³-hybridized carbons (Fsp3) is 0.500. The smallest absolute Gasteiger partial charge is 0.0262 e. The van der Waals surface area contributed by atoms with Crippen LogP contribution in [0.25, 0.3) is 5.57 Å². The number of hydrogen-bond donors (Lipinski definition) is 0. The molecule has 1 rings (SSSR count). The minimum Gasteiger partial charge on any atom is -0.116 e. The van der Waals surface area contributed by atoms with Crippen molar-refractivity contribution in [3.05, 3.63) is 59.4 Å². The minimum absolute atomic E-state index is 1.10. The predicted molar refractivity (Wildman–Crippen MR) is 100.0 cm³/mol. The van der Waals surface area contributed by atoms with Gasteiger partial charge in [0.1, 0.15) is 0 Å². The Morgan fingerprint density at radius 3 is 2.27 bits per heavy atom. The van der Waals surface area contributed by atoms with E-state index in [-0.39, 0.29) is 0 Å². The Bertz CT molecular complexity index is 484. The Morgan fingerprint density at radius 2 is 1.64 bits per heavy atom.